The normalized spacial score (nSPS) is 13.7. The van der Waals surface area contributed by atoms with Gasteiger partial charge in [0.15, 0.2) is 0 Å². The highest BCUT2D eigenvalue weighted by molar-refractivity contribution is 6.09. The Labute approximate surface area is 203 Å². The van der Waals surface area contributed by atoms with E-state index in [2.05, 4.69) is 49.0 Å². The van der Waals surface area contributed by atoms with E-state index < -0.39 is 0 Å². The van der Waals surface area contributed by atoms with E-state index in [4.69, 9.17) is 0 Å². The maximum atomic E-state index is 12.6. The standard InChI is InChI=1S/C27H28N4O.C2H6/c1-6-29-25-24(13-14-30-25)18(2)20-7-8-21(22(15-20)16-28)17-31-26(32)19-9-11-23(12-10-19)27(3,4)5;1-2/h6-15H,1,17H2,2-5H3,(H,29,30)(H,31,32);1-2H3/b24-18+;. The van der Waals surface area contributed by atoms with Gasteiger partial charge in [0.05, 0.1) is 11.6 Å². The Balaban J connectivity index is 0.00000199. The number of amidine groups is 1. The number of benzene rings is 2. The topological polar surface area (TPSA) is 77.3 Å². The summed E-state index contributed by atoms with van der Waals surface area (Å²) in [6, 6.07) is 15.6. The minimum absolute atomic E-state index is 0.0362. The first-order chi connectivity index (χ1) is 16.2. The molecule has 34 heavy (non-hydrogen) atoms. The van der Waals surface area contributed by atoms with Gasteiger partial charge in [-0.1, -0.05) is 65.5 Å². The maximum absolute atomic E-state index is 12.6. The summed E-state index contributed by atoms with van der Waals surface area (Å²) >= 11 is 0. The third-order valence-corrected chi connectivity index (χ3v) is 5.46. The van der Waals surface area contributed by atoms with Gasteiger partial charge < -0.3 is 10.6 Å². The largest absolute Gasteiger partial charge is 0.348 e. The number of hydrogen-bond donors (Lipinski definition) is 2. The molecule has 2 aromatic rings. The SMILES string of the molecule is C=CNC1=NC=C/C1=C(/C)c1ccc(CNC(=O)c2ccc(C(C)(C)C)cc2)c(C#N)c1.CC. The quantitative estimate of drug-likeness (QED) is 0.561. The molecule has 3 rings (SSSR count). The monoisotopic (exact) mass is 454 g/mol. The number of hydrogen-bond acceptors (Lipinski definition) is 4. The second kappa shape index (κ2) is 11.8. The molecule has 0 saturated heterocycles. The van der Waals surface area contributed by atoms with Crippen LogP contribution < -0.4 is 10.6 Å². The van der Waals surface area contributed by atoms with Gasteiger partial charge >= 0.3 is 0 Å². The summed E-state index contributed by atoms with van der Waals surface area (Å²) in [5.74, 6) is 0.564. The molecule has 0 atom stereocenters. The lowest BCUT2D eigenvalue weighted by Crippen LogP contribution is -2.23. The maximum Gasteiger partial charge on any atom is 0.251 e. The Hall–Kier alpha value is -3.91. The number of carbonyl (C=O) groups is 1. The van der Waals surface area contributed by atoms with Crippen LogP contribution in [0, 0.1) is 11.3 Å². The summed E-state index contributed by atoms with van der Waals surface area (Å²) in [4.78, 5) is 16.9. The van der Waals surface area contributed by atoms with Gasteiger partial charge in [0.1, 0.15) is 5.84 Å². The summed E-state index contributed by atoms with van der Waals surface area (Å²) in [5.41, 5.74) is 5.99. The van der Waals surface area contributed by atoms with Crippen molar-refractivity contribution in [1.82, 2.24) is 10.6 Å². The first kappa shape index (κ1) is 26.3. The van der Waals surface area contributed by atoms with E-state index >= 15 is 0 Å². The van der Waals surface area contributed by atoms with E-state index in [-0.39, 0.29) is 17.9 Å². The van der Waals surface area contributed by atoms with Crippen molar-refractivity contribution < 1.29 is 4.79 Å². The first-order valence-electron chi connectivity index (χ1n) is 11.5. The molecule has 0 saturated carbocycles. The number of allylic oxidation sites excluding steroid dienone is 1. The number of rotatable bonds is 5. The van der Waals surface area contributed by atoms with Crippen LogP contribution in [0.25, 0.3) is 5.57 Å². The molecule has 1 heterocycles. The fourth-order valence-electron chi connectivity index (χ4n) is 3.47. The molecule has 0 bridgehead atoms. The second-order valence-corrected chi connectivity index (χ2v) is 8.67. The van der Waals surface area contributed by atoms with Crippen molar-refractivity contribution in [3.8, 4) is 6.07 Å². The van der Waals surface area contributed by atoms with Crippen LogP contribution in [0.1, 0.15) is 74.2 Å². The number of nitrogens with zero attached hydrogens (tertiary/aromatic N) is 2. The Kier molecular flexibility index (Phi) is 9.15. The van der Waals surface area contributed by atoms with Crippen molar-refractivity contribution >= 4 is 17.3 Å². The van der Waals surface area contributed by atoms with E-state index in [9.17, 15) is 10.1 Å². The molecule has 0 radical (unpaired) electrons. The van der Waals surface area contributed by atoms with Crippen LogP contribution >= 0.6 is 0 Å². The van der Waals surface area contributed by atoms with Crippen molar-refractivity contribution in [2.45, 2.75) is 53.5 Å². The van der Waals surface area contributed by atoms with Crippen molar-refractivity contribution in [1.29, 1.82) is 5.26 Å². The average molecular weight is 455 g/mol. The van der Waals surface area contributed by atoms with Crippen molar-refractivity contribution in [2.75, 3.05) is 0 Å². The predicted molar refractivity (Wildman–Crippen MR) is 141 cm³/mol. The number of amides is 1. The Bertz CT molecular complexity index is 1170. The molecular weight excluding hydrogens is 420 g/mol. The van der Waals surface area contributed by atoms with E-state index in [0.717, 1.165) is 28.1 Å². The van der Waals surface area contributed by atoms with E-state index in [1.54, 1.807) is 12.4 Å². The molecule has 0 aliphatic carbocycles. The minimum atomic E-state index is -0.163. The molecular formula is C29H34N4O. The zero-order valence-electron chi connectivity index (χ0n) is 21.0. The molecule has 2 aromatic carbocycles. The highest BCUT2D eigenvalue weighted by Gasteiger charge is 2.16. The van der Waals surface area contributed by atoms with Gasteiger partial charge in [0, 0.05) is 23.9 Å². The molecule has 5 nitrogen and oxygen atoms in total. The average Bonchev–Trinajstić information content (AvgIpc) is 3.31. The molecule has 1 amide bonds. The minimum Gasteiger partial charge on any atom is -0.348 e. The van der Waals surface area contributed by atoms with E-state index in [1.807, 2.05) is 69.3 Å². The molecule has 5 heteroatoms. The van der Waals surface area contributed by atoms with Crippen LogP contribution in [0.2, 0.25) is 0 Å². The van der Waals surface area contributed by atoms with Gasteiger partial charge in [-0.25, -0.2) is 4.99 Å². The fraction of sp³-hybridized carbons (Fsp3) is 0.276. The van der Waals surface area contributed by atoms with E-state index in [1.165, 1.54) is 5.56 Å². The second-order valence-electron chi connectivity index (χ2n) is 8.67. The molecule has 1 aliphatic rings. The number of carbonyl (C=O) groups excluding carboxylic acids is 1. The predicted octanol–water partition coefficient (Wildman–Crippen LogP) is 6.24. The third-order valence-electron chi connectivity index (χ3n) is 5.46. The lowest BCUT2D eigenvalue weighted by atomic mass is 9.87. The summed E-state index contributed by atoms with van der Waals surface area (Å²) < 4.78 is 0. The van der Waals surface area contributed by atoms with Gasteiger partial charge in [0.2, 0.25) is 0 Å². The Morgan fingerprint density at radius 1 is 1.12 bits per heavy atom. The summed E-state index contributed by atoms with van der Waals surface area (Å²) in [5, 5.41) is 15.6. The van der Waals surface area contributed by atoms with Gasteiger partial charge in [-0.15, -0.1) is 0 Å². The van der Waals surface area contributed by atoms with Crippen LogP contribution in [-0.2, 0) is 12.0 Å². The number of aliphatic imine (C=N–C) groups is 1. The highest BCUT2D eigenvalue weighted by Crippen LogP contribution is 2.25. The van der Waals surface area contributed by atoms with Crippen molar-refractivity contribution in [3.63, 3.8) is 0 Å². The van der Waals surface area contributed by atoms with Crippen molar-refractivity contribution in [3.05, 3.63) is 101 Å². The molecule has 176 valence electrons. The summed E-state index contributed by atoms with van der Waals surface area (Å²) in [6.07, 6.45) is 5.24. The number of nitriles is 1. The molecule has 2 N–H and O–H groups in total. The molecule has 1 aliphatic heterocycles. The Morgan fingerprint density at radius 2 is 1.76 bits per heavy atom. The van der Waals surface area contributed by atoms with Crippen LogP contribution in [-0.4, -0.2) is 11.7 Å². The summed E-state index contributed by atoms with van der Waals surface area (Å²) in [6.45, 7) is 16.4. The van der Waals surface area contributed by atoms with E-state index in [0.29, 0.717) is 11.1 Å². The van der Waals surface area contributed by atoms with Crippen LogP contribution in [0.15, 0.2) is 78.1 Å². The number of nitrogens with one attached hydrogen (secondary N) is 2. The van der Waals surface area contributed by atoms with Crippen LogP contribution in [0.4, 0.5) is 0 Å². The molecule has 0 spiro atoms. The lowest BCUT2D eigenvalue weighted by Gasteiger charge is -2.19. The zero-order valence-corrected chi connectivity index (χ0v) is 21.0. The first-order valence-corrected chi connectivity index (χ1v) is 11.5. The molecule has 0 unspecified atom stereocenters. The summed E-state index contributed by atoms with van der Waals surface area (Å²) in [7, 11) is 0. The smallest absolute Gasteiger partial charge is 0.251 e. The zero-order chi connectivity index (χ0) is 25.3. The lowest BCUT2D eigenvalue weighted by molar-refractivity contribution is 0.0951. The van der Waals surface area contributed by atoms with Crippen molar-refractivity contribution in [2.24, 2.45) is 4.99 Å². The third kappa shape index (κ3) is 6.32. The Morgan fingerprint density at radius 3 is 2.35 bits per heavy atom. The fourth-order valence-corrected chi connectivity index (χ4v) is 3.47. The molecule has 0 fully saturated rings. The van der Waals surface area contributed by atoms with Gasteiger partial charge in [-0.2, -0.15) is 5.26 Å². The van der Waals surface area contributed by atoms with Gasteiger partial charge in [-0.3, -0.25) is 4.79 Å². The van der Waals surface area contributed by atoms with Gasteiger partial charge in [0.25, 0.3) is 5.91 Å². The highest BCUT2D eigenvalue weighted by atomic mass is 16.1. The molecule has 0 aromatic heterocycles. The van der Waals surface area contributed by atoms with Crippen LogP contribution in [0.3, 0.4) is 0 Å². The van der Waals surface area contributed by atoms with Crippen LogP contribution in [0.5, 0.6) is 0 Å². The van der Waals surface area contributed by atoms with Gasteiger partial charge in [-0.05, 0) is 65.1 Å².